The van der Waals surface area contributed by atoms with Gasteiger partial charge in [-0.3, -0.25) is 5.10 Å². The average molecular weight is 314 g/mol. The van der Waals surface area contributed by atoms with Crippen LogP contribution in [0.25, 0.3) is 0 Å². The van der Waals surface area contributed by atoms with Gasteiger partial charge in [-0.15, -0.1) is 16.9 Å². The van der Waals surface area contributed by atoms with Crippen LogP contribution in [-0.2, 0) is 6.42 Å². The zero-order valence-corrected chi connectivity index (χ0v) is 13.1. The molecule has 0 saturated carbocycles. The fourth-order valence-electron chi connectivity index (χ4n) is 1.47. The molecule has 0 saturated heterocycles. The number of thioether (sulfide) groups is 2. The van der Waals surface area contributed by atoms with Crippen molar-refractivity contribution in [1.82, 2.24) is 15.2 Å². The van der Waals surface area contributed by atoms with Crippen molar-refractivity contribution in [2.24, 2.45) is 0 Å². The number of H-pyrrole nitrogens is 1. The van der Waals surface area contributed by atoms with Gasteiger partial charge >= 0.3 is 0 Å². The summed E-state index contributed by atoms with van der Waals surface area (Å²) in [5, 5.41) is 8.76. The van der Waals surface area contributed by atoms with Crippen LogP contribution in [0.3, 0.4) is 0 Å². The Morgan fingerprint density at radius 3 is 2.74 bits per heavy atom. The maximum Gasteiger partial charge on any atom is 0.208 e. The molecule has 3 nitrogen and oxygen atoms in total. The Kier molecular flexibility index (Phi) is 6.07. The highest BCUT2D eigenvalue weighted by molar-refractivity contribution is 8.00. The van der Waals surface area contributed by atoms with Gasteiger partial charge in [0.2, 0.25) is 5.16 Å². The summed E-state index contributed by atoms with van der Waals surface area (Å²) in [6, 6.07) is 7.96. The Morgan fingerprint density at radius 1 is 1.21 bits per heavy atom. The van der Waals surface area contributed by atoms with Crippen molar-refractivity contribution in [2.45, 2.75) is 29.8 Å². The van der Waals surface area contributed by atoms with Gasteiger partial charge < -0.3 is 0 Å². The molecule has 1 aromatic carbocycles. The molecule has 0 amide bonds. The lowest BCUT2D eigenvalue weighted by atomic mass is 10.4. The molecule has 0 aliphatic carbocycles. The minimum absolute atomic E-state index is 0.835. The molecule has 1 heterocycles. The van der Waals surface area contributed by atoms with Crippen LogP contribution in [0.4, 0.5) is 0 Å². The highest BCUT2D eigenvalue weighted by atomic mass is 35.5. The SMILES string of the molecule is CCc1nc(SCCCSc2ccccc2Cl)n[nH]1. The van der Waals surface area contributed by atoms with E-state index >= 15 is 0 Å². The van der Waals surface area contributed by atoms with Gasteiger partial charge in [0, 0.05) is 17.1 Å². The van der Waals surface area contributed by atoms with Gasteiger partial charge in [0.15, 0.2) is 0 Å². The summed E-state index contributed by atoms with van der Waals surface area (Å²) in [5.74, 6) is 3.04. The molecule has 0 radical (unpaired) electrons. The Hall–Kier alpha value is -0.650. The summed E-state index contributed by atoms with van der Waals surface area (Å²) in [7, 11) is 0. The van der Waals surface area contributed by atoms with Crippen molar-refractivity contribution in [2.75, 3.05) is 11.5 Å². The first-order chi connectivity index (χ1) is 9.29. The van der Waals surface area contributed by atoms with E-state index in [9.17, 15) is 0 Å². The molecule has 0 spiro atoms. The fraction of sp³-hybridized carbons (Fsp3) is 0.385. The molecule has 0 aliphatic rings. The summed E-state index contributed by atoms with van der Waals surface area (Å²) >= 11 is 9.60. The van der Waals surface area contributed by atoms with Crippen molar-refractivity contribution >= 4 is 35.1 Å². The number of aromatic amines is 1. The molecule has 6 heteroatoms. The lowest BCUT2D eigenvalue weighted by Crippen LogP contribution is -1.86. The Labute approximate surface area is 126 Å². The monoisotopic (exact) mass is 313 g/mol. The Balaban J connectivity index is 1.66. The first kappa shape index (κ1) is 14.8. The molecule has 0 atom stereocenters. The molecule has 0 aliphatic heterocycles. The molecule has 0 unspecified atom stereocenters. The van der Waals surface area contributed by atoms with E-state index < -0.39 is 0 Å². The summed E-state index contributed by atoms with van der Waals surface area (Å²) in [6.07, 6.45) is 2.01. The average Bonchev–Trinajstić information content (AvgIpc) is 2.88. The van der Waals surface area contributed by atoms with Gasteiger partial charge in [-0.2, -0.15) is 0 Å². The number of aryl methyl sites for hydroxylation is 1. The van der Waals surface area contributed by atoms with Crippen LogP contribution in [-0.4, -0.2) is 26.7 Å². The van der Waals surface area contributed by atoms with Crippen LogP contribution in [0.5, 0.6) is 0 Å². The van der Waals surface area contributed by atoms with Crippen molar-refractivity contribution < 1.29 is 0 Å². The van der Waals surface area contributed by atoms with E-state index in [1.54, 1.807) is 23.5 Å². The molecule has 19 heavy (non-hydrogen) atoms. The normalized spacial score (nSPS) is 10.8. The molecule has 102 valence electrons. The van der Waals surface area contributed by atoms with Crippen LogP contribution in [0.15, 0.2) is 34.3 Å². The zero-order chi connectivity index (χ0) is 13.5. The van der Waals surface area contributed by atoms with E-state index in [2.05, 4.69) is 28.2 Å². The third-order valence-electron chi connectivity index (χ3n) is 2.46. The van der Waals surface area contributed by atoms with E-state index in [0.29, 0.717) is 0 Å². The highest BCUT2D eigenvalue weighted by Gasteiger charge is 2.03. The molecule has 0 fully saturated rings. The lowest BCUT2D eigenvalue weighted by Gasteiger charge is -2.02. The van der Waals surface area contributed by atoms with Crippen molar-refractivity contribution in [3.05, 3.63) is 35.1 Å². The largest absolute Gasteiger partial charge is 0.262 e. The van der Waals surface area contributed by atoms with Gasteiger partial charge in [-0.05, 0) is 24.3 Å². The molecule has 0 bridgehead atoms. The number of hydrogen-bond donors (Lipinski definition) is 1. The smallest absolute Gasteiger partial charge is 0.208 e. The second-order valence-electron chi connectivity index (χ2n) is 3.90. The zero-order valence-electron chi connectivity index (χ0n) is 10.7. The minimum Gasteiger partial charge on any atom is -0.262 e. The molecular formula is C13H16ClN3S2. The number of aromatic nitrogens is 3. The first-order valence-electron chi connectivity index (χ1n) is 6.21. The second kappa shape index (κ2) is 7.82. The van der Waals surface area contributed by atoms with Gasteiger partial charge in [0.1, 0.15) is 5.82 Å². The fourth-order valence-corrected chi connectivity index (χ4v) is 3.59. The number of nitrogens with zero attached hydrogens (tertiary/aromatic N) is 2. The van der Waals surface area contributed by atoms with Crippen molar-refractivity contribution in [3.63, 3.8) is 0 Å². The predicted molar refractivity (Wildman–Crippen MR) is 83.3 cm³/mol. The molecule has 1 aromatic heterocycles. The van der Waals surface area contributed by atoms with Crippen LogP contribution >= 0.6 is 35.1 Å². The maximum absolute atomic E-state index is 6.10. The second-order valence-corrected chi connectivity index (χ2v) is 6.51. The topological polar surface area (TPSA) is 41.6 Å². The quantitative estimate of drug-likeness (QED) is 0.611. The van der Waals surface area contributed by atoms with E-state index in [1.165, 1.54) is 0 Å². The molecule has 1 N–H and O–H groups in total. The highest BCUT2D eigenvalue weighted by Crippen LogP contribution is 2.27. The number of benzene rings is 1. The Morgan fingerprint density at radius 2 is 2.00 bits per heavy atom. The van der Waals surface area contributed by atoms with Gasteiger partial charge in [-0.1, -0.05) is 42.4 Å². The summed E-state index contributed by atoms with van der Waals surface area (Å²) in [6.45, 7) is 2.06. The van der Waals surface area contributed by atoms with Crippen molar-refractivity contribution in [1.29, 1.82) is 0 Å². The molecule has 2 aromatic rings. The van der Waals surface area contributed by atoms with E-state index in [4.69, 9.17) is 11.6 Å². The standard InChI is InChI=1S/C13H16ClN3S2/c1-2-12-15-13(17-16-12)19-9-5-8-18-11-7-4-3-6-10(11)14/h3-4,6-7H,2,5,8-9H2,1H3,(H,15,16,17). The maximum atomic E-state index is 6.10. The first-order valence-corrected chi connectivity index (χ1v) is 8.56. The summed E-state index contributed by atoms with van der Waals surface area (Å²) in [5.41, 5.74) is 0. The van der Waals surface area contributed by atoms with Gasteiger partial charge in [-0.25, -0.2) is 4.98 Å². The van der Waals surface area contributed by atoms with Crippen LogP contribution < -0.4 is 0 Å². The number of hydrogen-bond acceptors (Lipinski definition) is 4. The number of rotatable bonds is 7. The van der Waals surface area contributed by atoms with Crippen LogP contribution in [0.2, 0.25) is 5.02 Å². The molecule has 2 rings (SSSR count). The number of nitrogens with one attached hydrogen (secondary N) is 1. The van der Waals surface area contributed by atoms with Gasteiger partial charge in [0.25, 0.3) is 0 Å². The van der Waals surface area contributed by atoms with E-state index in [1.807, 2.05) is 18.2 Å². The van der Waals surface area contributed by atoms with Crippen molar-refractivity contribution in [3.8, 4) is 0 Å². The van der Waals surface area contributed by atoms with Crippen LogP contribution in [0.1, 0.15) is 19.2 Å². The Bertz CT molecular complexity index is 516. The van der Waals surface area contributed by atoms with Gasteiger partial charge in [0.05, 0.1) is 5.02 Å². The third-order valence-corrected chi connectivity index (χ3v) is 5.00. The third kappa shape index (κ3) is 4.75. The lowest BCUT2D eigenvalue weighted by molar-refractivity contribution is 0.941. The number of halogens is 1. The molecular weight excluding hydrogens is 298 g/mol. The van der Waals surface area contributed by atoms with E-state index in [0.717, 1.165) is 45.2 Å². The minimum atomic E-state index is 0.835. The van der Waals surface area contributed by atoms with E-state index in [-0.39, 0.29) is 0 Å². The van der Waals surface area contributed by atoms with Crippen LogP contribution in [0, 0.1) is 0 Å². The summed E-state index contributed by atoms with van der Waals surface area (Å²) in [4.78, 5) is 5.52. The summed E-state index contributed by atoms with van der Waals surface area (Å²) < 4.78 is 0. The predicted octanol–water partition coefficient (Wildman–Crippen LogP) is 4.30.